The third kappa shape index (κ3) is 4.09. The van der Waals surface area contributed by atoms with Crippen LogP contribution in [0.5, 0.6) is 0 Å². The van der Waals surface area contributed by atoms with E-state index in [0.29, 0.717) is 13.1 Å². The Hall–Kier alpha value is -2.92. The highest BCUT2D eigenvalue weighted by Crippen LogP contribution is 2.22. The molecule has 3 aromatic rings. The zero-order chi connectivity index (χ0) is 18.6. The number of aromatic amines is 1. The number of aromatic nitrogens is 1. The van der Waals surface area contributed by atoms with Crippen LogP contribution in [0.1, 0.15) is 0 Å². The number of benzene rings is 2. The maximum absolute atomic E-state index is 12.5. The number of rotatable bonds is 3. The molecule has 1 fully saturated rings. The lowest BCUT2D eigenvalue weighted by Crippen LogP contribution is -2.50. The number of halogens is 1. The van der Waals surface area contributed by atoms with Crippen LogP contribution < -0.4 is 10.2 Å². The Morgan fingerprint density at radius 1 is 0.963 bits per heavy atom. The SMILES string of the molecule is O=C(Nc1ccc(-c2ccc[nH]2)cc1)N1CCN(c2cccc(Cl)c2)CC1. The van der Waals surface area contributed by atoms with Crippen LogP contribution in [0.2, 0.25) is 5.02 Å². The molecular weight excluding hydrogens is 360 g/mol. The minimum atomic E-state index is -0.0617. The van der Waals surface area contributed by atoms with Crippen molar-refractivity contribution in [2.45, 2.75) is 0 Å². The average Bonchev–Trinajstić information content (AvgIpc) is 3.23. The molecule has 2 N–H and O–H groups in total. The van der Waals surface area contributed by atoms with Crippen molar-refractivity contribution in [3.63, 3.8) is 0 Å². The third-order valence-electron chi connectivity index (χ3n) is 4.79. The van der Waals surface area contributed by atoms with Gasteiger partial charge in [-0.05, 0) is 48.0 Å². The summed E-state index contributed by atoms with van der Waals surface area (Å²) < 4.78 is 0. The zero-order valence-electron chi connectivity index (χ0n) is 14.9. The lowest BCUT2D eigenvalue weighted by atomic mass is 10.1. The van der Waals surface area contributed by atoms with Gasteiger partial charge in [-0.2, -0.15) is 0 Å². The van der Waals surface area contributed by atoms with Crippen LogP contribution >= 0.6 is 11.6 Å². The summed E-state index contributed by atoms with van der Waals surface area (Å²) in [6.07, 6.45) is 1.90. The first-order valence-corrected chi connectivity index (χ1v) is 9.37. The zero-order valence-corrected chi connectivity index (χ0v) is 15.6. The molecule has 1 aliphatic heterocycles. The fraction of sp³-hybridized carbons (Fsp3) is 0.190. The summed E-state index contributed by atoms with van der Waals surface area (Å²) in [6.45, 7) is 2.94. The van der Waals surface area contributed by atoms with Crippen molar-refractivity contribution in [1.82, 2.24) is 9.88 Å². The second-order valence-electron chi connectivity index (χ2n) is 6.55. The fourth-order valence-corrected chi connectivity index (χ4v) is 3.47. The Labute approximate surface area is 163 Å². The Bertz CT molecular complexity index is 900. The van der Waals surface area contributed by atoms with Gasteiger partial charge in [0.25, 0.3) is 0 Å². The van der Waals surface area contributed by atoms with Gasteiger partial charge in [0.05, 0.1) is 0 Å². The molecule has 2 heterocycles. The van der Waals surface area contributed by atoms with E-state index < -0.39 is 0 Å². The number of urea groups is 1. The molecule has 0 unspecified atom stereocenters. The third-order valence-corrected chi connectivity index (χ3v) is 5.02. The van der Waals surface area contributed by atoms with E-state index in [4.69, 9.17) is 11.6 Å². The van der Waals surface area contributed by atoms with E-state index in [9.17, 15) is 4.79 Å². The van der Waals surface area contributed by atoms with E-state index in [1.54, 1.807) is 0 Å². The van der Waals surface area contributed by atoms with Crippen molar-refractivity contribution in [3.8, 4) is 11.3 Å². The largest absolute Gasteiger partial charge is 0.368 e. The first-order valence-electron chi connectivity index (χ1n) is 8.99. The number of amides is 2. The Morgan fingerprint density at radius 3 is 2.41 bits per heavy atom. The van der Waals surface area contributed by atoms with Gasteiger partial charge < -0.3 is 20.1 Å². The number of nitrogens with one attached hydrogen (secondary N) is 2. The van der Waals surface area contributed by atoms with Crippen LogP contribution in [-0.4, -0.2) is 42.1 Å². The van der Waals surface area contributed by atoms with Gasteiger partial charge in [-0.25, -0.2) is 4.79 Å². The maximum Gasteiger partial charge on any atom is 0.321 e. The lowest BCUT2D eigenvalue weighted by molar-refractivity contribution is 0.208. The van der Waals surface area contributed by atoms with Crippen molar-refractivity contribution in [2.75, 3.05) is 36.4 Å². The maximum atomic E-state index is 12.5. The highest BCUT2D eigenvalue weighted by atomic mass is 35.5. The monoisotopic (exact) mass is 380 g/mol. The van der Waals surface area contributed by atoms with Crippen molar-refractivity contribution >= 4 is 29.0 Å². The molecule has 2 amide bonds. The molecule has 0 radical (unpaired) electrons. The number of hydrogen-bond donors (Lipinski definition) is 2. The summed E-state index contributed by atoms with van der Waals surface area (Å²) in [6, 6.07) is 19.6. The van der Waals surface area contributed by atoms with E-state index in [0.717, 1.165) is 40.7 Å². The smallest absolute Gasteiger partial charge is 0.321 e. The second kappa shape index (κ2) is 7.76. The quantitative estimate of drug-likeness (QED) is 0.692. The Kier molecular flexibility index (Phi) is 5.03. The molecule has 0 bridgehead atoms. The Morgan fingerprint density at radius 2 is 1.74 bits per heavy atom. The number of nitrogens with zero attached hydrogens (tertiary/aromatic N) is 2. The van der Waals surface area contributed by atoms with Crippen molar-refractivity contribution in [1.29, 1.82) is 0 Å². The molecule has 0 atom stereocenters. The normalized spacial score (nSPS) is 14.3. The molecule has 5 nitrogen and oxygen atoms in total. The summed E-state index contributed by atoms with van der Waals surface area (Å²) in [5, 5.41) is 3.72. The summed E-state index contributed by atoms with van der Waals surface area (Å²) in [5.41, 5.74) is 4.05. The van der Waals surface area contributed by atoms with E-state index in [1.807, 2.05) is 71.8 Å². The lowest BCUT2D eigenvalue weighted by Gasteiger charge is -2.36. The molecule has 138 valence electrons. The topological polar surface area (TPSA) is 51.4 Å². The molecule has 1 saturated heterocycles. The van der Waals surface area contributed by atoms with Gasteiger partial charge in [0.15, 0.2) is 0 Å². The van der Waals surface area contributed by atoms with E-state index in [2.05, 4.69) is 15.2 Å². The summed E-state index contributed by atoms with van der Waals surface area (Å²) in [7, 11) is 0. The molecule has 4 rings (SSSR count). The first-order chi connectivity index (χ1) is 13.2. The van der Waals surface area contributed by atoms with E-state index in [-0.39, 0.29) is 6.03 Å². The molecule has 6 heteroatoms. The van der Waals surface area contributed by atoms with Gasteiger partial charge in [-0.15, -0.1) is 0 Å². The fourth-order valence-electron chi connectivity index (χ4n) is 3.29. The van der Waals surface area contributed by atoms with Crippen LogP contribution in [0.3, 0.4) is 0 Å². The minimum Gasteiger partial charge on any atom is -0.368 e. The second-order valence-corrected chi connectivity index (χ2v) is 6.98. The van der Waals surface area contributed by atoms with E-state index >= 15 is 0 Å². The number of carbonyl (C=O) groups excluding carboxylic acids is 1. The summed E-state index contributed by atoms with van der Waals surface area (Å²) in [5.74, 6) is 0. The van der Waals surface area contributed by atoms with Gasteiger partial charge in [-0.1, -0.05) is 29.8 Å². The van der Waals surface area contributed by atoms with Crippen LogP contribution in [0.15, 0.2) is 66.9 Å². The average molecular weight is 381 g/mol. The molecule has 1 aromatic heterocycles. The first kappa shape index (κ1) is 17.5. The predicted molar refractivity (Wildman–Crippen MR) is 110 cm³/mol. The molecular formula is C21H21ClN4O. The molecule has 0 saturated carbocycles. The van der Waals surface area contributed by atoms with Gasteiger partial charge in [0.1, 0.15) is 0 Å². The van der Waals surface area contributed by atoms with Crippen molar-refractivity contribution < 1.29 is 4.79 Å². The van der Waals surface area contributed by atoms with Crippen LogP contribution in [-0.2, 0) is 0 Å². The minimum absolute atomic E-state index is 0.0617. The highest BCUT2D eigenvalue weighted by Gasteiger charge is 2.21. The summed E-state index contributed by atoms with van der Waals surface area (Å²) in [4.78, 5) is 19.8. The van der Waals surface area contributed by atoms with Crippen molar-refractivity contribution in [3.05, 3.63) is 71.9 Å². The number of carbonyl (C=O) groups is 1. The standard InChI is InChI=1S/C21H21ClN4O/c22-17-3-1-4-19(15-17)25-11-13-26(14-12-25)21(27)24-18-8-6-16(7-9-18)20-5-2-10-23-20/h1-10,15,23H,11-14H2,(H,24,27). The number of H-pyrrole nitrogens is 1. The van der Waals surface area contributed by atoms with Crippen LogP contribution in [0.25, 0.3) is 11.3 Å². The highest BCUT2D eigenvalue weighted by molar-refractivity contribution is 6.30. The molecule has 0 aliphatic carbocycles. The van der Waals surface area contributed by atoms with Gasteiger partial charge in [0.2, 0.25) is 0 Å². The number of hydrogen-bond acceptors (Lipinski definition) is 2. The van der Waals surface area contributed by atoms with Crippen LogP contribution in [0, 0.1) is 0 Å². The number of anilines is 2. The molecule has 1 aliphatic rings. The van der Waals surface area contributed by atoms with Gasteiger partial charge in [0, 0.05) is 54.5 Å². The van der Waals surface area contributed by atoms with Gasteiger partial charge >= 0.3 is 6.03 Å². The molecule has 2 aromatic carbocycles. The molecule has 0 spiro atoms. The number of piperazine rings is 1. The van der Waals surface area contributed by atoms with Crippen LogP contribution in [0.4, 0.5) is 16.2 Å². The predicted octanol–water partition coefficient (Wildman–Crippen LogP) is 4.69. The van der Waals surface area contributed by atoms with Crippen molar-refractivity contribution in [2.24, 2.45) is 0 Å². The van der Waals surface area contributed by atoms with E-state index in [1.165, 1.54) is 0 Å². The van der Waals surface area contributed by atoms with Gasteiger partial charge in [-0.3, -0.25) is 0 Å². The molecule has 27 heavy (non-hydrogen) atoms. The summed E-state index contributed by atoms with van der Waals surface area (Å²) >= 11 is 6.07. The Balaban J connectivity index is 1.33.